The molecule has 0 aliphatic carbocycles. The molecule has 0 heterocycles. The van der Waals surface area contributed by atoms with Gasteiger partial charge in [0.1, 0.15) is 0 Å². The average Bonchev–Trinajstić information content (AvgIpc) is 2.77. The monoisotopic (exact) mass is 370 g/mol. The second-order valence-electron chi connectivity index (χ2n) is 7.98. The molecule has 0 N–H and O–H groups in total. The molecule has 0 amide bonds. The normalized spacial score (nSPS) is 11.1. The maximum Gasteiger partial charge on any atom is 0.171 e. The number of benzene rings is 5. The molecular formula is C28H23B. The maximum absolute atomic E-state index is 2.40. The molecule has 0 saturated carbocycles. The predicted octanol–water partition coefficient (Wildman–Crippen LogP) is 7.29. The van der Waals surface area contributed by atoms with E-state index in [1.165, 1.54) is 49.3 Å². The third kappa shape index (κ3) is 3.04. The average molecular weight is 370 g/mol. The molecule has 0 atom stereocenters. The van der Waals surface area contributed by atoms with Crippen molar-refractivity contribution in [2.45, 2.75) is 13.6 Å². The predicted molar refractivity (Wildman–Crippen MR) is 129 cm³/mol. The van der Waals surface area contributed by atoms with Crippen molar-refractivity contribution in [2.24, 2.45) is 0 Å². The number of fused-ring (bicyclic) bond motifs is 2. The van der Waals surface area contributed by atoms with Crippen molar-refractivity contribution in [3.63, 3.8) is 0 Å². The van der Waals surface area contributed by atoms with E-state index < -0.39 is 0 Å². The van der Waals surface area contributed by atoms with Crippen molar-refractivity contribution in [3.05, 3.63) is 103 Å². The standard InChI is InChI=1S/C28H23B/c1-29(2)28-24-17-9-15-22(20-11-5-3-6-12-20)26(24)19-27-23(16-10-18-25(27)28)21-13-7-4-8-14-21/h3-19H,1-2H3. The maximum atomic E-state index is 2.40. The van der Waals surface area contributed by atoms with Crippen LogP contribution in [0.4, 0.5) is 0 Å². The highest BCUT2D eigenvalue weighted by Gasteiger charge is 2.17. The SMILES string of the molecule is CB(C)c1c2cccc(-c3ccccc3)c2cc2c(-c3ccccc3)cccc12. The van der Waals surface area contributed by atoms with Crippen LogP contribution in [-0.4, -0.2) is 6.71 Å². The Morgan fingerprint density at radius 1 is 0.448 bits per heavy atom. The van der Waals surface area contributed by atoms with Crippen LogP contribution in [0.15, 0.2) is 103 Å². The molecule has 29 heavy (non-hydrogen) atoms. The lowest BCUT2D eigenvalue weighted by Crippen LogP contribution is -2.24. The Morgan fingerprint density at radius 2 is 0.897 bits per heavy atom. The molecule has 1 heteroatoms. The fourth-order valence-corrected chi connectivity index (χ4v) is 4.56. The van der Waals surface area contributed by atoms with Gasteiger partial charge in [-0.1, -0.05) is 116 Å². The summed E-state index contributed by atoms with van der Waals surface area (Å²) in [6.45, 7) is 5.05. The molecule has 0 saturated heterocycles. The molecule has 0 aliphatic rings. The van der Waals surface area contributed by atoms with Gasteiger partial charge in [0.15, 0.2) is 6.71 Å². The third-order valence-corrected chi connectivity index (χ3v) is 5.83. The van der Waals surface area contributed by atoms with Crippen molar-refractivity contribution in [3.8, 4) is 22.3 Å². The van der Waals surface area contributed by atoms with Gasteiger partial charge in [0.05, 0.1) is 0 Å². The van der Waals surface area contributed by atoms with Crippen LogP contribution in [0.3, 0.4) is 0 Å². The molecule has 5 rings (SSSR count). The third-order valence-electron chi connectivity index (χ3n) is 5.83. The zero-order valence-electron chi connectivity index (χ0n) is 16.9. The summed E-state index contributed by atoms with van der Waals surface area (Å²) < 4.78 is 0. The van der Waals surface area contributed by atoms with E-state index in [-0.39, 0.29) is 0 Å². The smallest absolute Gasteiger partial charge is 0.0819 e. The molecule has 5 aromatic carbocycles. The number of rotatable bonds is 3. The Bertz CT molecular complexity index is 1200. The van der Waals surface area contributed by atoms with Gasteiger partial charge in [-0.2, -0.15) is 0 Å². The van der Waals surface area contributed by atoms with Crippen LogP contribution in [0, 0.1) is 0 Å². The summed E-state index contributed by atoms with van der Waals surface area (Å²) in [5, 5.41) is 5.38. The van der Waals surface area contributed by atoms with E-state index in [4.69, 9.17) is 0 Å². The molecule has 5 aromatic rings. The first-order chi connectivity index (χ1) is 14.2. The van der Waals surface area contributed by atoms with Gasteiger partial charge in [-0.05, 0) is 49.9 Å². The Hall–Kier alpha value is -3.32. The van der Waals surface area contributed by atoms with Gasteiger partial charge in [-0.15, -0.1) is 0 Å². The Balaban J connectivity index is 1.94. The zero-order chi connectivity index (χ0) is 19.8. The number of hydrogen-bond acceptors (Lipinski definition) is 0. The van der Waals surface area contributed by atoms with E-state index in [0.29, 0.717) is 6.71 Å². The topological polar surface area (TPSA) is 0 Å². The second-order valence-corrected chi connectivity index (χ2v) is 7.98. The lowest BCUT2D eigenvalue weighted by Gasteiger charge is -2.18. The lowest BCUT2D eigenvalue weighted by atomic mass is 9.47. The van der Waals surface area contributed by atoms with Crippen LogP contribution in [0.5, 0.6) is 0 Å². The van der Waals surface area contributed by atoms with E-state index in [0.717, 1.165) is 0 Å². The van der Waals surface area contributed by atoms with E-state index in [1.807, 2.05) is 0 Å². The number of hydrogen-bond donors (Lipinski definition) is 0. The summed E-state index contributed by atoms with van der Waals surface area (Å²) >= 11 is 0. The van der Waals surface area contributed by atoms with Gasteiger partial charge < -0.3 is 0 Å². The van der Waals surface area contributed by atoms with Crippen LogP contribution < -0.4 is 5.46 Å². The first-order valence-electron chi connectivity index (χ1n) is 10.3. The lowest BCUT2D eigenvalue weighted by molar-refractivity contribution is 1.65. The highest BCUT2D eigenvalue weighted by Crippen LogP contribution is 2.35. The summed E-state index contributed by atoms with van der Waals surface area (Å²) in [6.07, 6.45) is 0. The minimum absolute atomic E-state index is 0.443. The van der Waals surface area contributed by atoms with Crippen molar-refractivity contribution in [1.29, 1.82) is 0 Å². The highest BCUT2D eigenvalue weighted by molar-refractivity contribution is 6.76. The summed E-state index contributed by atoms with van der Waals surface area (Å²) in [5.74, 6) is 0. The Labute approximate surface area is 172 Å². The summed E-state index contributed by atoms with van der Waals surface area (Å²) in [6, 6.07) is 37.3. The van der Waals surface area contributed by atoms with Gasteiger partial charge in [0, 0.05) is 0 Å². The van der Waals surface area contributed by atoms with E-state index >= 15 is 0 Å². The highest BCUT2D eigenvalue weighted by atomic mass is 14.1. The molecule has 0 fully saturated rings. The van der Waals surface area contributed by atoms with Crippen molar-refractivity contribution in [2.75, 3.05) is 0 Å². The fraction of sp³-hybridized carbons (Fsp3) is 0.0714. The van der Waals surface area contributed by atoms with Gasteiger partial charge in [0.2, 0.25) is 0 Å². The van der Waals surface area contributed by atoms with Crippen molar-refractivity contribution >= 4 is 33.7 Å². The zero-order valence-corrected chi connectivity index (χ0v) is 16.9. The van der Waals surface area contributed by atoms with E-state index in [9.17, 15) is 0 Å². The summed E-state index contributed by atoms with van der Waals surface area (Å²) in [4.78, 5) is 0. The molecule has 0 aliphatic heterocycles. The van der Waals surface area contributed by atoms with Gasteiger partial charge in [-0.25, -0.2) is 0 Å². The van der Waals surface area contributed by atoms with Crippen LogP contribution in [0.2, 0.25) is 13.6 Å². The molecule has 0 bridgehead atoms. The van der Waals surface area contributed by atoms with Gasteiger partial charge in [0.25, 0.3) is 0 Å². The van der Waals surface area contributed by atoms with Crippen LogP contribution >= 0.6 is 0 Å². The van der Waals surface area contributed by atoms with Crippen LogP contribution in [-0.2, 0) is 0 Å². The van der Waals surface area contributed by atoms with Gasteiger partial charge >= 0.3 is 0 Å². The van der Waals surface area contributed by atoms with Gasteiger partial charge in [-0.3, -0.25) is 0 Å². The molecule has 0 aromatic heterocycles. The molecule has 138 valence electrons. The largest absolute Gasteiger partial charge is 0.171 e. The Morgan fingerprint density at radius 3 is 1.31 bits per heavy atom. The summed E-state index contributed by atoms with van der Waals surface area (Å²) in [7, 11) is 0. The van der Waals surface area contributed by atoms with Crippen molar-refractivity contribution in [1.82, 2.24) is 0 Å². The molecule has 0 unspecified atom stereocenters. The van der Waals surface area contributed by atoms with Crippen LogP contribution in [0.1, 0.15) is 0 Å². The quantitative estimate of drug-likeness (QED) is 0.231. The van der Waals surface area contributed by atoms with E-state index in [2.05, 4.69) is 117 Å². The van der Waals surface area contributed by atoms with Crippen LogP contribution in [0.25, 0.3) is 43.8 Å². The molecule has 0 spiro atoms. The molecule has 0 radical (unpaired) electrons. The minimum Gasteiger partial charge on any atom is -0.0819 e. The Kier molecular flexibility index (Phi) is 4.44. The minimum atomic E-state index is 0.443. The molecule has 0 nitrogen and oxygen atoms in total. The first-order valence-corrected chi connectivity index (χ1v) is 10.3. The summed E-state index contributed by atoms with van der Waals surface area (Å²) in [5.41, 5.74) is 6.58. The fourth-order valence-electron chi connectivity index (χ4n) is 4.56. The van der Waals surface area contributed by atoms with E-state index in [1.54, 1.807) is 0 Å². The second kappa shape index (κ2) is 7.26. The van der Waals surface area contributed by atoms with Crippen molar-refractivity contribution < 1.29 is 0 Å². The first kappa shape index (κ1) is 17.8. The molecular weight excluding hydrogens is 347 g/mol.